The van der Waals surface area contributed by atoms with Gasteiger partial charge in [-0.15, -0.1) is 0 Å². The number of sulfone groups is 1. The maximum Gasteiger partial charge on any atom is 0.287 e. The first-order chi connectivity index (χ1) is 10.7. The minimum atomic E-state index is -2.97. The minimum absolute atomic E-state index is 0.110. The average Bonchev–Trinajstić information content (AvgIpc) is 2.80. The van der Waals surface area contributed by atoms with Crippen molar-refractivity contribution in [2.75, 3.05) is 11.5 Å². The average molecular weight is 400 g/mol. The van der Waals surface area contributed by atoms with Crippen LogP contribution >= 0.6 is 15.9 Å². The van der Waals surface area contributed by atoms with Gasteiger partial charge in [-0.1, -0.05) is 15.9 Å². The molecule has 1 N–H and O–H groups in total. The molecule has 0 spiro atoms. The Balaban J connectivity index is 1.85. The van der Waals surface area contributed by atoms with Gasteiger partial charge in [0.15, 0.2) is 5.82 Å². The van der Waals surface area contributed by atoms with Gasteiger partial charge in [0.1, 0.15) is 9.84 Å². The first kappa shape index (κ1) is 16.4. The third-order valence-corrected chi connectivity index (χ3v) is 6.54. The molecule has 0 bridgehead atoms. The monoisotopic (exact) mass is 399 g/mol. The normalized spacial score (nSPS) is 19.6. The van der Waals surface area contributed by atoms with E-state index in [9.17, 15) is 13.2 Å². The van der Waals surface area contributed by atoms with Crippen LogP contribution < -0.4 is 5.32 Å². The fourth-order valence-electron chi connectivity index (χ4n) is 2.81. The van der Waals surface area contributed by atoms with Gasteiger partial charge in [-0.2, -0.15) is 0 Å². The first-order valence-electron chi connectivity index (χ1n) is 7.34. The number of amides is 1. The third kappa shape index (κ3) is 3.28. The summed E-state index contributed by atoms with van der Waals surface area (Å²) in [7, 11) is -1.17. The Labute approximate surface area is 143 Å². The molecule has 124 valence electrons. The molecule has 1 aliphatic heterocycles. The molecule has 1 amide bonds. The van der Waals surface area contributed by atoms with Crippen LogP contribution in [0.15, 0.2) is 22.7 Å². The van der Waals surface area contributed by atoms with Gasteiger partial charge in [0, 0.05) is 17.1 Å². The standard InChI is InChI=1S/C15H18BrN3O3S/c1-15(5-7-23(21,22)8-6-15)18-14(20)13-17-11-4-3-10(16)9-12(11)19(13)2/h3-4,9H,5-8H2,1-2H3,(H,18,20). The van der Waals surface area contributed by atoms with Crippen molar-refractivity contribution < 1.29 is 13.2 Å². The van der Waals surface area contributed by atoms with Crippen LogP contribution in [-0.2, 0) is 16.9 Å². The number of carbonyl (C=O) groups excluding carboxylic acids is 1. The highest BCUT2D eigenvalue weighted by atomic mass is 79.9. The number of imidazole rings is 1. The van der Waals surface area contributed by atoms with E-state index in [2.05, 4.69) is 26.2 Å². The molecule has 0 aliphatic carbocycles. The van der Waals surface area contributed by atoms with Crippen molar-refractivity contribution in [3.63, 3.8) is 0 Å². The lowest BCUT2D eigenvalue weighted by atomic mass is 9.95. The van der Waals surface area contributed by atoms with Crippen molar-refractivity contribution in [2.45, 2.75) is 25.3 Å². The maximum absolute atomic E-state index is 12.6. The number of carbonyl (C=O) groups is 1. The summed E-state index contributed by atoms with van der Waals surface area (Å²) < 4.78 is 25.8. The maximum atomic E-state index is 12.6. The molecule has 8 heteroatoms. The molecule has 1 saturated heterocycles. The van der Waals surface area contributed by atoms with Crippen LogP contribution in [0.3, 0.4) is 0 Å². The summed E-state index contributed by atoms with van der Waals surface area (Å²) in [5, 5.41) is 2.97. The van der Waals surface area contributed by atoms with E-state index >= 15 is 0 Å². The van der Waals surface area contributed by atoms with Crippen molar-refractivity contribution in [3.05, 3.63) is 28.5 Å². The van der Waals surface area contributed by atoms with Crippen molar-refractivity contribution in [1.82, 2.24) is 14.9 Å². The predicted octanol–water partition coefficient (Wildman–Crippen LogP) is 2.03. The second-order valence-corrected chi connectivity index (χ2v) is 9.51. The number of hydrogen-bond acceptors (Lipinski definition) is 4. The number of aryl methyl sites for hydroxylation is 1. The molecule has 0 radical (unpaired) electrons. The summed E-state index contributed by atoms with van der Waals surface area (Å²) in [6.07, 6.45) is 0.854. The zero-order chi connectivity index (χ0) is 16.8. The van der Waals surface area contributed by atoms with Gasteiger partial charge in [-0.05, 0) is 38.0 Å². The molecule has 0 saturated carbocycles. The van der Waals surface area contributed by atoms with Crippen LogP contribution in [-0.4, -0.2) is 40.9 Å². The molecule has 1 aliphatic rings. The molecule has 1 aromatic carbocycles. The first-order valence-corrected chi connectivity index (χ1v) is 9.95. The highest BCUT2D eigenvalue weighted by Gasteiger charge is 2.35. The third-order valence-electron chi connectivity index (χ3n) is 4.39. The lowest BCUT2D eigenvalue weighted by molar-refractivity contribution is 0.0886. The van der Waals surface area contributed by atoms with Crippen LogP contribution in [0, 0.1) is 0 Å². The number of nitrogens with zero attached hydrogens (tertiary/aromatic N) is 2. The molecule has 3 rings (SSSR count). The van der Waals surface area contributed by atoms with Crippen LogP contribution in [0.4, 0.5) is 0 Å². The lowest BCUT2D eigenvalue weighted by Crippen LogP contribution is -2.51. The van der Waals surface area contributed by atoms with Gasteiger partial charge in [-0.3, -0.25) is 4.79 Å². The number of aromatic nitrogens is 2. The van der Waals surface area contributed by atoms with Crippen LogP contribution in [0.25, 0.3) is 11.0 Å². The van der Waals surface area contributed by atoms with Crippen LogP contribution in [0.5, 0.6) is 0 Å². The van der Waals surface area contributed by atoms with Gasteiger partial charge in [0.2, 0.25) is 0 Å². The molecule has 1 aromatic heterocycles. The van der Waals surface area contributed by atoms with Gasteiger partial charge in [-0.25, -0.2) is 13.4 Å². The van der Waals surface area contributed by atoms with Crippen LogP contribution in [0.1, 0.15) is 30.4 Å². The fourth-order valence-corrected chi connectivity index (χ4v) is 4.89. The molecular weight excluding hydrogens is 382 g/mol. The van der Waals surface area contributed by atoms with E-state index in [-0.39, 0.29) is 17.4 Å². The zero-order valence-corrected chi connectivity index (χ0v) is 15.4. The Morgan fingerprint density at radius 3 is 2.65 bits per heavy atom. The summed E-state index contributed by atoms with van der Waals surface area (Å²) in [6.45, 7) is 1.89. The summed E-state index contributed by atoms with van der Waals surface area (Å²) in [5.74, 6) is 0.271. The fraction of sp³-hybridized carbons (Fsp3) is 0.467. The van der Waals surface area contributed by atoms with Gasteiger partial charge in [0.05, 0.1) is 22.5 Å². The highest BCUT2D eigenvalue weighted by Crippen LogP contribution is 2.25. The topological polar surface area (TPSA) is 81.1 Å². The Kier molecular flexibility index (Phi) is 4.00. The Morgan fingerprint density at radius 1 is 1.35 bits per heavy atom. The number of rotatable bonds is 2. The smallest absolute Gasteiger partial charge is 0.287 e. The Morgan fingerprint density at radius 2 is 2.00 bits per heavy atom. The molecule has 2 heterocycles. The number of hydrogen-bond donors (Lipinski definition) is 1. The largest absolute Gasteiger partial charge is 0.344 e. The van der Waals surface area contributed by atoms with E-state index < -0.39 is 15.4 Å². The number of halogens is 1. The molecule has 23 heavy (non-hydrogen) atoms. The zero-order valence-electron chi connectivity index (χ0n) is 13.0. The Hall–Kier alpha value is -1.41. The number of nitrogens with one attached hydrogen (secondary N) is 1. The number of benzene rings is 1. The van der Waals surface area contributed by atoms with E-state index in [1.54, 1.807) is 11.6 Å². The van der Waals surface area contributed by atoms with Gasteiger partial charge in [0.25, 0.3) is 5.91 Å². The van der Waals surface area contributed by atoms with E-state index in [1.807, 2.05) is 25.1 Å². The van der Waals surface area contributed by atoms with E-state index in [4.69, 9.17) is 0 Å². The minimum Gasteiger partial charge on any atom is -0.344 e. The van der Waals surface area contributed by atoms with E-state index in [1.165, 1.54) is 0 Å². The molecule has 1 fully saturated rings. The highest BCUT2D eigenvalue weighted by molar-refractivity contribution is 9.10. The summed E-state index contributed by atoms with van der Waals surface area (Å²) >= 11 is 3.41. The van der Waals surface area contributed by atoms with Gasteiger partial charge < -0.3 is 9.88 Å². The number of fused-ring (bicyclic) bond motifs is 1. The summed E-state index contributed by atoms with van der Waals surface area (Å²) in [4.78, 5) is 17.0. The van der Waals surface area contributed by atoms with Crippen molar-refractivity contribution >= 4 is 42.7 Å². The second-order valence-electron chi connectivity index (χ2n) is 6.29. The Bertz CT molecular complexity index is 875. The molecule has 2 aromatic rings. The van der Waals surface area contributed by atoms with Gasteiger partial charge >= 0.3 is 0 Å². The lowest BCUT2D eigenvalue weighted by Gasteiger charge is -2.34. The van der Waals surface area contributed by atoms with Crippen LogP contribution in [0.2, 0.25) is 0 Å². The SMILES string of the molecule is Cn1c(C(=O)NC2(C)CCS(=O)(=O)CC2)nc2ccc(Br)cc21. The van der Waals surface area contributed by atoms with Crippen molar-refractivity contribution in [2.24, 2.45) is 7.05 Å². The summed E-state index contributed by atoms with van der Waals surface area (Å²) in [6, 6.07) is 5.64. The predicted molar refractivity (Wildman–Crippen MR) is 92.2 cm³/mol. The van der Waals surface area contributed by atoms with Crippen molar-refractivity contribution in [1.29, 1.82) is 0 Å². The molecule has 0 atom stereocenters. The van der Waals surface area contributed by atoms with E-state index in [0.717, 1.165) is 15.5 Å². The van der Waals surface area contributed by atoms with Crippen molar-refractivity contribution in [3.8, 4) is 0 Å². The molecule has 6 nitrogen and oxygen atoms in total. The second kappa shape index (κ2) is 5.59. The molecule has 0 unspecified atom stereocenters. The quantitative estimate of drug-likeness (QED) is 0.837. The molecular formula is C15H18BrN3O3S. The van der Waals surface area contributed by atoms with E-state index in [0.29, 0.717) is 18.7 Å². The summed E-state index contributed by atoms with van der Waals surface area (Å²) in [5.41, 5.74) is 1.10.